The molecule has 0 saturated heterocycles. The van der Waals surface area contributed by atoms with Crippen LogP contribution < -0.4 is 5.32 Å². The first kappa shape index (κ1) is 49.1. The minimum atomic E-state index is -0.0243. The number of hydrogen-bond acceptors (Lipinski definition) is 3. The van der Waals surface area contributed by atoms with Crippen molar-refractivity contribution in [2.24, 2.45) is 5.92 Å². The van der Waals surface area contributed by atoms with Crippen LogP contribution in [0.15, 0.2) is 0 Å². The highest BCUT2D eigenvalue weighted by molar-refractivity contribution is 5.69. The fourth-order valence-electron chi connectivity index (χ4n) is 3.81. The predicted molar refractivity (Wildman–Crippen MR) is 187 cm³/mol. The predicted octanol–water partition coefficient (Wildman–Crippen LogP) is 13.1. The normalized spacial score (nSPS) is 9.70. The number of unbranched alkanes of at least 4 members (excludes halogenated alkanes) is 14. The molecule has 3 nitrogen and oxygen atoms in total. The van der Waals surface area contributed by atoms with Crippen molar-refractivity contribution in [2.75, 3.05) is 19.7 Å². The Labute approximate surface area is 257 Å². The first-order valence-electron chi connectivity index (χ1n) is 18.4. The molecule has 0 spiro atoms. The fraction of sp³-hybridized carbons (Fsp3) is 0.973. The van der Waals surface area contributed by atoms with Crippen LogP contribution in [0.25, 0.3) is 0 Å². The standard InChI is InChI=1S/C22H45NO2.C8H18.C3H8.2C2H6/c1-3-5-7-9-11-13-15-19-23-20-17-18-22(24)25-21-16-14-12-10-8-6-4-2;1-4-5-6-7-8(2)3;1-3-2;2*1-2/h23H,3-21H2,1-2H3;8H,4-7H2,1-3H3;3H2,1-2H3;2*1-2H3. The molecule has 0 unspecified atom stereocenters. The molecule has 0 aliphatic heterocycles. The van der Waals surface area contributed by atoms with Crippen molar-refractivity contribution in [2.45, 2.75) is 211 Å². The highest BCUT2D eigenvalue weighted by Crippen LogP contribution is 2.08. The van der Waals surface area contributed by atoms with Crippen LogP contribution in [0.5, 0.6) is 0 Å². The van der Waals surface area contributed by atoms with Crippen LogP contribution in [0, 0.1) is 5.92 Å². The Hall–Kier alpha value is -0.570. The quantitative estimate of drug-likeness (QED) is 0.0921. The molecule has 0 amide bonds. The molecular formula is C37H83NO2. The molecule has 40 heavy (non-hydrogen) atoms. The van der Waals surface area contributed by atoms with Gasteiger partial charge in [0, 0.05) is 6.42 Å². The fourth-order valence-corrected chi connectivity index (χ4v) is 3.81. The Kier molecular flexibility index (Phi) is 66.9. The van der Waals surface area contributed by atoms with E-state index in [2.05, 4.69) is 53.8 Å². The van der Waals surface area contributed by atoms with Gasteiger partial charge in [-0.25, -0.2) is 0 Å². The lowest BCUT2D eigenvalue weighted by Crippen LogP contribution is -2.18. The Morgan fingerprint density at radius 3 is 1.38 bits per heavy atom. The van der Waals surface area contributed by atoms with Crippen molar-refractivity contribution in [3.63, 3.8) is 0 Å². The van der Waals surface area contributed by atoms with Crippen molar-refractivity contribution in [1.29, 1.82) is 0 Å². The molecule has 0 radical (unpaired) electrons. The van der Waals surface area contributed by atoms with Gasteiger partial charge in [-0.3, -0.25) is 4.79 Å². The van der Waals surface area contributed by atoms with Gasteiger partial charge >= 0.3 is 5.97 Å². The summed E-state index contributed by atoms with van der Waals surface area (Å²) in [6.07, 6.45) is 26.6. The number of ether oxygens (including phenoxy) is 1. The van der Waals surface area contributed by atoms with Crippen LogP contribution >= 0.6 is 0 Å². The molecule has 0 aliphatic carbocycles. The van der Waals surface area contributed by atoms with Crippen molar-refractivity contribution < 1.29 is 9.53 Å². The molecule has 1 N–H and O–H groups in total. The summed E-state index contributed by atoms with van der Waals surface area (Å²) in [5.41, 5.74) is 0. The van der Waals surface area contributed by atoms with Gasteiger partial charge < -0.3 is 10.1 Å². The van der Waals surface area contributed by atoms with Gasteiger partial charge in [0.25, 0.3) is 0 Å². The SMILES string of the molecule is CC.CC.CCC.CCCCCC(C)C.CCCCCCCCCNCCCC(=O)OCCCCCCCCC. The lowest BCUT2D eigenvalue weighted by atomic mass is 10.1. The van der Waals surface area contributed by atoms with E-state index in [9.17, 15) is 4.79 Å². The smallest absolute Gasteiger partial charge is 0.305 e. The van der Waals surface area contributed by atoms with Gasteiger partial charge in [-0.05, 0) is 38.3 Å². The summed E-state index contributed by atoms with van der Waals surface area (Å²) >= 11 is 0. The molecule has 0 rings (SSSR count). The van der Waals surface area contributed by atoms with Crippen LogP contribution in [0.1, 0.15) is 211 Å². The Morgan fingerprint density at radius 2 is 0.925 bits per heavy atom. The zero-order valence-electron chi connectivity index (χ0n) is 30.4. The molecule has 0 aliphatic rings. The molecule has 0 aromatic rings. The second kappa shape index (κ2) is 54.5. The number of hydrogen-bond donors (Lipinski definition) is 1. The van der Waals surface area contributed by atoms with Gasteiger partial charge in [0.05, 0.1) is 6.61 Å². The molecular weight excluding hydrogens is 490 g/mol. The first-order chi connectivity index (χ1) is 19.5. The number of nitrogens with one attached hydrogen (secondary N) is 1. The molecule has 0 bridgehead atoms. The zero-order chi connectivity index (χ0) is 31.5. The Bertz CT molecular complexity index is 371. The summed E-state index contributed by atoms with van der Waals surface area (Å²) in [5, 5.41) is 3.44. The Balaban J connectivity index is -0.000000225. The molecule has 248 valence electrons. The van der Waals surface area contributed by atoms with Crippen LogP contribution in [-0.4, -0.2) is 25.7 Å². The number of carbonyl (C=O) groups is 1. The third kappa shape index (κ3) is 66.0. The van der Waals surface area contributed by atoms with Crippen molar-refractivity contribution >= 4 is 5.97 Å². The summed E-state index contributed by atoms with van der Waals surface area (Å²) in [5.74, 6) is 0.880. The van der Waals surface area contributed by atoms with Gasteiger partial charge in [0.2, 0.25) is 0 Å². The molecule has 0 heterocycles. The molecule has 0 atom stereocenters. The summed E-state index contributed by atoms with van der Waals surface area (Å²) in [6, 6.07) is 0. The summed E-state index contributed by atoms with van der Waals surface area (Å²) in [4.78, 5) is 11.6. The average molecular weight is 574 g/mol. The van der Waals surface area contributed by atoms with Crippen LogP contribution in [0.2, 0.25) is 0 Å². The van der Waals surface area contributed by atoms with Crippen molar-refractivity contribution in [3.05, 3.63) is 0 Å². The van der Waals surface area contributed by atoms with Crippen molar-refractivity contribution in [1.82, 2.24) is 5.32 Å². The van der Waals surface area contributed by atoms with E-state index in [1.165, 1.54) is 116 Å². The number of carbonyl (C=O) groups excluding carboxylic acids is 1. The van der Waals surface area contributed by atoms with Crippen molar-refractivity contribution in [3.8, 4) is 0 Å². The van der Waals surface area contributed by atoms with E-state index in [1.54, 1.807) is 0 Å². The second-order valence-electron chi connectivity index (χ2n) is 10.9. The third-order valence-electron chi connectivity index (χ3n) is 6.09. The van der Waals surface area contributed by atoms with Crippen LogP contribution in [0.3, 0.4) is 0 Å². The van der Waals surface area contributed by atoms with E-state index >= 15 is 0 Å². The van der Waals surface area contributed by atoms with Gasteiger partial charge in [-0.1, -0.05) is 185 Å². The van der Waals surface area contributed by atoms with Gasteiger partial charge in [0.15, 0.2) is 0 Å². The van der Waals surface area contributed by atoms with Gasteiger partial charge in [-0.15, -0.1) is 0 Å². The molecule has 0 aromatic heterocycles. The van der Waals surface area contributed by atoms with Gasteiger partial charge in [-0.2, -0.15) is 0 Å². The number of rotatable bonds is 24. The maximum Gasteiger partial charge on any atom is 0.305 e. The topological polar surface area (TPSA) is 38.3 Å². The highest BCUT2D eigenvalue weighted by atomic mass is 16.5. The minimum absolute atomic E-state index is 0.0243. The van der Waals surface area contributed by atoms with E-state index < -0.39 is 0 Å². The van der Waals surface area contributed by atoms with Crippen LogP contribution in [0.4, 0.5) is 0 Å². The first-order valence-corrected chi connectivity index (χ1v) is 18.4. The van der Waals surface area contributed by atoms with E-state index in [0.29, 0.717) is 13.0 Å². The summed E-state index contributed by atoms with van der Waals surface area (Å²) in [7, 11) is 0. The monoisotopic (exact) mass is 574 g/mol. The summed E-state index contributed by atoms with van der Waals surface area (Å²) in [6.45, 7) is 26.2. The van der Waals surface area contributed by atoms with E-state index in [0.717, 1.165) is 31.8 Å². The van der Waals surface area contributed by atoms with E-state index in [-0.39, 0.29) is 5.97 Å². The van der Waals surface area contributed by atoms with Crippen LogP contribution in [-0.2, 0) is 9.53 Å². The second-order valence-corrected chi connectivity index (χ2v) is 10.9. The average Bonchev–Trinajstić information content (AvgIpc) is 2.96. The maximum atomic E-state index is 11.6. The third-order valence-corrected chi connectivity index (χ3v) is 6.09. The highest BCUT2D eigenvalue weighted by Gasteiger charge is 2.02. The summed E-state index contributed by atoms with van der Waals surface area (Å²) < 4.78 is 5.29. The Morgan fingerprint density at radius 1 is 0.550 bits per heavy atom. The molecule has 0 fully saturated rings. The lowest BCUT2D eigenvalue weighted by Gasteiger charge is -2.06. The van der Waals surface area contributed by atoms with E-state index in [1.807, 2.05) is 27.7 Å². The van der Waals surface area contributed by atoms with Gasteiger partial charge in [0.1, 0.15) is 0 Å². The van der Waals surface area contributed by atoms with E-state index in [4.69, 9.17) is 4.74 Å². The lowest BCUT2D eigenvalue weighted by molar-refractivity contribution is -0.143. The number of esters is 1. The molecule has 3 heteroatoms. The molecule has 0 saturated carbocycles. The maximum absolute atomic E-state index is 11.6. The minimum Gasteiger partial charge on any atom is -0.466 e. The zero-order valence-corrected chi connectivity index (χ0v) is 30.4. The molecule has 0 aromatic carbocycles. The largest absolute Gasteiger partial charge is 0.466 e.